The van der Waals surface area contributed by atoms with Crippen LogP contribution in [0.1, 0.15) is 29.3 Å². The first-order valence-corrected chi connectivity index (χ1v) is 10.5. The third kappa shape index (κ3) is 3.82. The van der Waals surface area contributed by atoms with E-state index in [1.165, 1.54) is 0 Å². The van der Waals surface area contributed by atoms with Crippen LogP contribution in [0.3, 0.4) is 0 Å². The Bertz CT molecular complexity index is 1260. The summed E-state index contributed by atoms with van der Waals surface area (Å²) in [7, 11) is 0. The van der Waals surface area contributed by atoms with E-state index < -0.39 is 5.91 Å². The molecule has 5 rings (SSSR count). The highest BCUT2D eigenvalue weighted by Gasteiger charge is 2.23. The molecule has 1 N–H and O–H groups in total. The number of amides is 1. The van der Waals surface area contributed by atoms with Gasteiger partial charge in [0.05, 0.1) is 16.7 Å². The zero-order chi connectivity index (χ0) is 21.4. The number of halogens is 1. The van der Waals surface area contributed by atoms with E-state index in [1.807, 2.05) is 36.4 Å². The number of anilines is 2. The number of rotatable bonds is 4. The highest BCUT2D eigenvalue weighted by atomic mass is 35.5. The van der Waals surface area contributed by atoms with Gasteiger partial charge in [-0.1, -0.05) is 23.7 Å². The molecule has 1 amide bonds. The van der Waals surface area contributed by atoms with Crippen molar-refractivity contribution in [3.05, 3.63) is 65.2 Å². The van der Waals surface area contributed by atoms with Gasteiger partial charge in [0.2, 0.25) is 5.82 Å². The summed E-state index contributed by atoms with van der Waals surface area (Å²) in [5, 5.41) is 7.90. The Hall–Kier alpha value is -3.52. The Labute approximate surface area is 183 Å². The van der Waals surface area contributed by atoms with Crippen molar-refractivity contribution in [2.24, 2.45) is 0 Å². The molecule has 9 heteroatoms. The van der Waals surface area contributed by atoms with Crippen molar-refractivity contribution in [1.82, 2.24) is 24.7 Å². The SMILES string of the molecule is Cc1nc(C(=O)Nc2nc3ccccc3nc2N2CCCC2)nn1-c1ccc(Cl)cc1. The average Bonchev–Trinajstić information content (AvgIpc) is 3.44. The number of carbonyl (C=O) groups is 1. The Kier molecular flexibility index (Phi) is 4.99. The van der Waals surface area contributed by atoms with Crippen LogP contribution in [-0.4, -0.2) is 43.7 Å². The quantitative estimate of drug-likeness (QED) is 0.522. The molecule has 0 aliphatic carbocycles. The van der Waals surface area contributed by atoms with Crippen molar-refractivity contribution < 1.29 is 4.79 Å². The maximum absolute atomic E-state index is 13.0. The fraction of sp³-hybridized carbons (Fsp3) is 0.227. The number of fused-ring (bicyclic) bond motifs is 1. The van der Waals surface area contributed by atoms with Crippen molar-refractivity contribution >= 4 is 40.2 Å². The molecule has 0 saturated carbocycles. The van der Waals surface area contributed by atoms with Gasteiger partial charge in [-0.2, -0.15) is 0 Å². The molecule has 1 aliphatic rings. The van der Waals surface area contributed by atoms with E-state index >= 15 is 0 Å². The van der Waals surface area contributed by atoms with E-state index in [1.54, 1.807) is 23.7 Å². The highest BCUT2D eigenvalue weighted by Crippen LogP contribution is 2.28. The number of hydrogen-bond donors (Lipinski definition) is 1. The van der Waals surface area contributed by atoms with Crippen LogP contribution < -0.4 is 10.2 Å². The number of benzene rings is 2. The molecule has 0 unspecified atom stereocenters. The molecule has 1 fully saturated rings. The zero-order valence-electron chi connectivity index (χ0n) is 16.9. The molecule has 8 nitrogen and oxygen atoms in total. The van der Waals surface area contributed by atoms with E-state index in [0.29, 0.717) is 22.5 Å². The van der Waals surface area contributed by atoms with Crippen LogP contribution in [0.5, 0.6) is 0 Å². The topological polar surface area (TPSA) is 88.8 Å². The van der Waals surface area contributed by atoms with Gasteiger partial charge in [-0.3, -0.25) is 4.79 Å². The fourth-order valence-electron chi connectivity index (χ4n) is 3.70. The number of nitrogens with zero attached hydrogens (tertiary/aromatic N) is 6. The summed E-state index contributed by atoms with van der Waals surface area (Å²) in [6.45, 7) is 3.57. The Morgan fingerprint density at radius 1 is 0.968 bits per heavy atom. The number of carbonyl (C=O) groups excluding carboxylic acids is 1. The normalized spacial score (nSPS) is 13.7. The fourth-order valence-corrected chi connectivity index (χ4v) is 3.83. The molecule has 1 aliphatic heterocycles. The predicted octanol–water partition coefficient (Wildman–Crippen LogP) is 4.02. The van der Waals surface area contributed by atoms with Gasteiger partial charge in [-0.15, -0.1) is 5.10 Å². The molecule has 1 saturated heterocycles. The van der Waals surface area contributed by atoms with Crippen LogP contribution in [0.2, 0.25) is 5.02 Å². The largest absolute Gasteiger partial charge is 0.354 e. The monoisotopic (exact) mass is 433 g/mol. The molecular weight excluding hydrogens is 414 g/mol. The number of aryl methyl sites for hydroxylation is 1. The van der Waals surface area contributed by atoms with Crippen LogP contribution in [0, 0.1) is 6.92 Å². The second-order valence-corrected chi connectivity index (χ2v) is 7.84. The van der Waals surface area contributed by atoms with Crippen LogP contribution in [-0.2, 0) is 0 Å². The van der Waals surface area contributed by atoms with Gasteiger partial charge < -0.3 is 10.2 Å². The molecule has 0 bridgehead atoms. The molecule has 156 valence electrons. The van der Waals surface area contributed by atoms with Crippen LogP contribution >= 0.6 is 11.6 Å². The summed E-state index contributed by atoms with van der Waals surface area (Å²) in [6.07, 6.45) is 2.18. The average molecular weight is 434 g/mol. The molecule has 2 aromatic carbocycles. The summed E-state index contributed by atoms with van der Waals surface area (Å²) < 4.78 is 1.61. The van der Waals surface area contributed by atoms with Gasteiger partial charge in [0.1, 0.15) is 5.82 Å². The lowest BCUT2D eigenvalue weighted by atomic mass is 10.3. The third-order valence-corrected chi connectivity index (χ3v) is 5.48. The smallest absolute Gasteiger partial charge is 0.296 e. The minimum Gasteiger partial charge on any atom is -0.354 e. The second-order valence-electron chi connectivity index (χ2n) is 7.40. The first-order valence-electron chi connectivity index (χ1n) is 10.1. The standard InChI is InChI=1S/C22H20ClN7O/c1-14-24-20(28-30(14)16-10-8-15(23)9-11-16)22(31)27-19-21(29-12-4-5-13-29)26-18-7-3-2-6-17(18)25-19/h2-3,6-11H,4-5,12-13H2,1H3,(H,25,27,31). The van der Waals surface area contributed by atoms with E-state index in [9.17, 15) is 4.79 Å². The van der Waals surface area contributed by atoms with Crippen molar-refractivity contribution in [3.8, 4) is 5.69 Å². The number of aromatic nitrogens is 5. The summed E-state index contributed by atoms with van der Waals surface area (Å²) >= 11 is 5.97. The summed E-state index contributed by atoms with van der Waals surface area (Å²) in [4.78, 5) is 28.9. The van der Waals surface area contributed by atoms with Crippen molar-refractivity contribution in [2.75, 3.05) is 23.3 Å². The van der Waals surface area contributed by atoms with E-state index in [4.69, 9.17) is 16.6 Å². The van der Waals surface area contributed by atoms with Gasteiger partial charge in [0, 0.05) is 18.1 Å². The lowest BCUT2D eigenvalue weighted by molar-refractivity contribution is 0.101. The summed E-state index contributed by atoms with van der Waals surface area (Å²) in [5.74, 6) is 1.33. The summed E-state index contributed by atoms with van der Waals surface area (Å²) in [6, 6.07) is 14.8. The highest BCUT2D eigenvalue weighted by molar-refractivity contribution is 6.30. The van der Waals surface area contributed by atoms with Crippen molar-refractivity contribution in [2.45, 2.75) is 19.8 Å². The van der Waals surface area contributed by atoms with Crippen LogP contribution in [0.15, 0.2) is 48.5 Å². The minimum atomic E-state index is -0.430. The van der Waals surface area contributed by atoms with E-state index in [-0.39, 0.29) is 5.82 Å². The second kappa shape index (κ2) is 7.96. The van der Waals surface area contributed by atoms with Crippen LogP contribution in [0.4, 0.5) is 11.6 Å². The Balaban J connectivity index is 1.48. The number of hydrogen-bond acceptors (Lipinski definition) is 6. The zero-order valence-corrected chi connectivity index (χ0v) is 17.7. The number of para-hydroxylation sites is 2. The molecule has 0 spiro atoms. The maximum atomic E-state index is 13.0. The Morgan fingerprint density at radius 3 is 2.35 bits per heavy atom. The van der Waals surface area contributed by atoms with Crippen molar-refractivity contribution in [3.63, 3.8) is 0 Å². The number of nitrogens with one attached hydrogen (secondary N) is 1. The molecule has 0 radical (unpaired) electrons. The minimum absolute atomic E-state index is 0.0646. The molecular formula is C22H20ClN7O. The maximum Gasteiger partial charge on any atom is 0.296 e. The Morgan fingerprint density at radius 2 is 1.65 bits per heavy atom. The van der Waals surface area contributed by atoms with E-state index in [0.717, 1.165) is 42.7 Å². The lowest BCUT2D eigenvalue weighted by Crippen LogP contribution is -2.24. The van der Waals surface area contributed by atoms with Gasteiger partial charge in [0.25, 0.3) is 5.91 Å². The van der Waals surface area contributed by atoms with Gasteiger partial charge in [0.15, 0.2) is 11.6 Å². The first-order chi connectivity index (χ1) is 15.1. The molecule has 2 aromatic heterocycles. The van der Waals surface area contributed by atoms with Gasteiger partial charge in [-0.25, -0.2) is 19.6 Å². The molecule has 31 heavy (non-hydrogen) atoms. The first kappa shape index (κ1) is 19.4. The summed E-state index contributed by atoms with van der Waals surface area (Å²) in [5.41, 5.74) is 2.29. The van der Waals surface area contributed by atoms with E-state index in [2.05, 4.69) is 25.3 Å². The van der Waals surface area contributed by atoms with Crippen LogP contribution in [0.25, 0.3) is 16.7 Å². The lowest BCUT2D eigenvalue weighted by Gasteiger charge is -2.19. The van der Waals surface area contributed by atoms with Gasteiger partial charge >= 0.3 is 0 Å². The van der Waals surface area contributed by atoms with Crippen molar-refractivity contribution in [1.29, 1.82) is 0 Å². The molecule has 0 atom stereocenters. The predicted molar refractivity (Wildman–Crippen MR) is 120 cm³/mol. The van der Waals surface area contributed by atoms with Gasteiger partial charge in [-0.05, 0) is 56.2 Å². The molecule has 4 aromatic rings. The third-order valence-electron chi connectivity index (χ3n) is 5.23. The molecule has 3 heterocycles.